The number of halogens is 2. The van der Waals surface area contributed by atoms with Crippen molar-refractivity contribution in [3.05, 3.63) is 70.1 Å². The van der Waals surface area contributed by atoms with Crippen LogP contribution in [0.3, 0.4) is 0 Å². The predicted molar refractivity (Wildman–Crippen MR) is 105 cm³/mol. The van der Waals surface area contributed by atoms with E-state index < -0.39 is 11.7 Å². The first kappa shape index (κ1) is 20.6. The van der Waals surface area contributed by atoms with Crippen LogP contribution in [0.5, 0.6) is 5.75 Å². The van der Waals surface area contributed by atoms with Crippen molar-refractivity contribution < 1.29 is 18.6 Å². The molecule has 4 N–H and O–H groups in total. The lowest BCUT2D eigenvalue weighted by Crippen LogP contribution is -2.32. The normalized spacial score (nSPS) is 10.7. The lowest BCUT2D eigenvalue weighted by molar-refractivity contribution is 0.0944. The van der Waals surface area contributed by atoms with Crippen LogP contribution < -0.4 is 21.1 Å². The van der Waals surface area contributed by atoms with Crippen molar-refractivity contribution in [3.8, 4) is 5.75 Å². The molecule has 0 bridgehead atoms. The Balaban J connectivity index is 1.48. The number of amides is 1. The maximum atomic E-state index is 13.9. The van der Waals surface area contributed by atoms with E-state index in [0.717, 1.165) is 5.56 Å². The zero-order valence-electron chi connectivity index (χ0n) is 15.3. The highest BCUT2D eigenvalue weighted by molar-refractivity contribution is 6.31. The summed E-state index contributed by atoms with van der Waals surface area (Å²) < 4.78 is 24.1. The third kappa shape index (κ3) is 5.43. The molecule has 0 saturated heterocycles. The summed E-state index contributed by atoms with van der Waals surface area (Å²) in [6, 6.07) is 11.9. The van der Waals surface area contributed by atoms with Gasteiger partial charge in [-0.15, -0.1) is 0 Å². The van der Waals surface area contributed by atoms with Gasteiger partial charge in [-0.2, -0.15) is 0 Å². The van der Waals surface area contributed by atoms with Gasteiger partial charge in [-0.1, -0.05) is 35.9 Å². The van der Waals surface area contributed by atoms with Gasteiger partial charge in [0.1, 0.15) is 18.2 Å². The lowest BCUT2D eigenvalue weighted by atomic mass is 10.2. The number of rotatable bonds is 9. The van der Waals surface area contributed by atoms with Crippen LogP contribution in [0.1, 0.15) is 21.6 Å². The van der Waals surface area contributed by atoms with Gasteiger partial charge in [0.15, 0.2) is 0 Å². The number of nitrogens with one attached hydrogen (secondary N) is 2. The summed E-state index contributed by atoms with van der Waals surface area (Å²) in [5.74, 6) is -0.316. The quantitative estimate of drug-likeness (QED) is 0.456. The van der Waals surface area contributed by atoms with Gasteiger partial charge in [0.05, 0.1) is 5.02 Å². The molecule has 2 aromatic carbocycles. The van der Waals surface area contributed by atoms with E-state index >= 15 is 0 Å². The van der Waals surface area contributed by atoms with Gasteiger partial charge >= 0.3 is 0 Å². The highest BCUT2D eigenvalue weighted by Crippen LogP contribution is 2.23. The first-order valence-electron chi connectivity index (χ1n) is 8.77. The lowest BCUT2D eigenvalue weighted by Gasteiger charge is -2.13. The number of hydrogen-bond acceptors (Lipinski definition) is 7. The predicted octanol–water partition coefficient (Wildman–Crippen LogP) is 2.54. The van der Waals surface area contributed by atoms with Crippen LogP contribution in [0.15, 0.2) is 47.1 Å². The molecule has 29 heavy (non-hydrogen) atoms. The molecule has 10 heteroatoms. The van der Waals surface area contributed by atoms with Crippen molar-refractivity contribution in [3.63, 3.8) is 0 Å². The maximum absolute atomic E-state index is 13.9. The number of carbonyl (C=O) groups excluding carboxylic acids is 1. The minimum absolute atomic E-state index is 0.0196. The van der Waals surface area contributed by atoms with Crippen LogP contribution in [0.25, 0.3) is 0 Å². The van der Waals surface area contributed by atoms with E-state index in [-0.39, 0.29) is 18.1 Å². The van der Waals surface area contributed by atoms with E-state index in [1.807, 2.05) is 18.2 Å². The molecular formula is C19H19ClFN5O3. The molecule has 0 aliphatic rings. The van der Waals surface area contributed by atoms with E-state index in [1.165, 1.54) is 6.07 Å². The van der Waals surface area contributed by atoms with Crippen LogP contribution in [-0.4, -0.2) is 29.3 Å². The zero-order valence-corrected chi connectivity index (χ0v) is 16.1. The molecule has 3 aromatic rings. The molecule has 0 aliphatic heterocycles. The number of ether oxygens (including phenoxy) is 1. The third-order valence-electron chi connectivity index (χ3n) is 4.04. The SMILES string of the molecule is Nc1nonc1C(=O)NCCNCc1ccccc1OCc1c(F)cccc1Cl. The van der Waals surface area contributed by atoms with Gasteiger partial charge in [0.2, 0.25) is 11.5 Å². The van der Waals surface area contributed by atoms with Crippen LogP contribution in [0, 0.1) is 5.82 Å². The standard InChI is InChI=1S/C19H19ClFN5O3/c20-14-5-3-6-15(21)13(14)11-28-16-7-2-1-4-12(16)10-23-8-9-24-19(27)17-18(22)26-29-25-17/h1-7,23H,8-11H2,(H2,22,26)(H,24,27). The summed E-state index contributed by atoms with van der Waals surface area (Å²) in [4.78, 5) is 11.8. The summed E-state index contributed by atoms with van der Waals surface area (Å²) >= 11 is 6.04. The fourth-order valence-electron chi connectivity index (χ4n) is 2.54. The molecule has 8 nitrogen and oxygen atoms in total. The second-order valence-electron chi connectivity index (χ2n) is 6.03. The fourth-order valence-corrected chi connectivity index (χ4v) is 2.75. The minimum atomic E-state index is -0.462. The Labute approximate surface area is 171 Å². The van der Waals surface area contributed by atoms with Crippen LogP contribution >= 0.6 is 11.6 Å². The summed E-state index contributed by atoms with van der Waals surface area (Å²) in [6.45, 7) is 1.35. The highest BCUT2D eigenvalue weighted by Gasteiger charge is 2.15. The van der Waals surface area contributed by atoms with E-state index in [0.29, 0.717) is 36.0 Å². The zero-order chi connectivity index (χ0) is 20.6. The third-order valence-corrected chi connectivity index (χ3v) is 4.39. The number of nitrogen functional groups attached to an aromatic ring is 1. The average molecular weight is 420 g/mol. The number of nitrogens with zero attached hydrogens (tertiary/aromatic N) is 2. The Morgan fingerprint density at radius 3 is 2.76 bits per heavy atom. The van der Waals surface area contributed by atoms with Gasteiger partial charge in [0.25, 0.3) is 5.91 Å². The Bertz CT molecular complexity index is 962. The van der Waals surface area contributed by atoms with E-state index in [2.05, 4.69) is 25.6 Å². The van der Waals surface area contributed by atoms with Crippen molar-refractivity contribution >= 4 is 23.3 Å². The largest absolute Gasteiger partial charge is 0.488 e. The van der Waals surface area contributed by atoms with E-state index in [4.69, 9.17) is 22.1 Å². The van der Waals surface area contributed by atoms with Gasteiger partial charge < -0.3 is 21.1 Å². The Kier molecular flexibility index (Phi) is 6.99. The summed E-state index contributed by atoms with van der Waals surface area (Å²) in [5, 5.41) is 13.0. The van der Waals surface area contributed by atoms with Gasteiger partial charge in [-0.25, -0.2) is 9.02 Å². The highest BCUT2D eigenvalue weighted by atomic mass is 35.5. The average Bonchev–Trinajstić information content (AvgIpc) is 3.14. The fraction of sp³-hybridized carbons (Fsp3) is 0.211. The molecule has 0 aliphatic carbocycles. The summed E-state index contributed by atoms with van der Waals surface area (Å²) in [5.41, 5.74) is 6.61. The number of para-hydroxylation sites is 1. The second-order valence-corrected chi connectivity index (χ2v) is 6.43. The van der Waals surface area contributed by atoms with Gasteiger partial charge in [-0.3, -0.25) is 4.79 Å². The molecule has 1 amide bonds. The van der Waals surface area contributed by atoms with E-state index in [9.17, 15) is 9.18 Å². The number of carbonyl (C=O) groups is 1. The molecule has 0 radical (unpaired) electrons. The van der Waals surface area contributed by atoms with Gasteiger partial charge in [-0.05, 0) is 28.5 Å². The Hall–Kier alpha value is -3.17. The van der Waals surface area contributed by atoms with Crippen molar-refractivity contribution in [2.75, 3.05) is 18.8 Å². The van der Waals surface area contributed by atoms with Crippen molar-refractivity contribution in [1.29, 1.82) is 0 Å². The molecule has 0 unspecified atom stereocenters. The molecule has 0 atom stereocenters. The molecule has 0 spiro atoms. The number of benzene rings is 2. The number of anilines is 1. The Morgan fingerprint density at radius 1 is 1.17 bits per heavy atom. The number of nitrogens with two attached hydrogens (primary N) is 1. The molecule has 3 rings (SSSR count). The second kappa shape index (κ2) is 9.85. The number of hydrogen-bond donors (Lipinski definition) is 3. The van der Waals surface area contributed by atoms with Crippen LogP contribution in [0.2, 0.25) is 5.02 Å². The topological polar surface area (TPSA) is 115 Å². The van der Waals surface area contributed by atoms with Crippen molar-refractivity contribution in [2.45, 2.75) is 13.2 Å². The van der Waals surface area contributed by atoms with Crippen molar-refractivity contribution in [1.82, 2.24) is 20.9 Å². The maximum Gasteiger partial charge on any atom is 0.277 e. The Morgan fingerprint density at radius 2 is 2.00 bits per heavy atom. The summed E-state index contributed by atoms with van der Waals surface area (Å²) in [7, 11) is 0. The van der Waals surface area contributed by atoms with Crippen LogP contribution in [0.4, 0.5) is 10.2 Å². The molecular weight excluding hydrogens is 401 g/mol. The van der Waals surface area contributed by atoms with Crippen molar-refractivity contribution in [2.24, 2.45) is 0 Å². The smallest absolute Gasteiger partial charge is 0.277 e. The first-order valence-corrected chi connectivity index (χ1v) is 9.14. The molecule has 1 aromatic heterocycles. The molecule has 0 fully saturated rings. The van der Waals surface area contributed by atoms with Gasteiger partial charge in [0, 0.05) is 30.8 Å². The van der Waals surface area contributed by atoms with Crippen LogP contribution in [-0.2, 0) is 13.2 Å². The molecule has 0 saturated carbocycles. The molecule has 1 heterocycles. The van der Waals surface area contributed by atoms with E-state index in [1.54, 1.807) is 18.2 Å². The summed E-state index contributed by atoms with van der Waals surface area (Å²) in [6.07, 6.45) is 0. The molecule has 152 valence electrons. The monoisotopic (exact) mass is 419 g/mol. The number of aromatic nitrogens is 2. The minimum Gasteiger partial charge on any atom is -0.488 e. The first-order chi connectivity index (χ1) is 14.1.